The molecule has 2 nitrogen and oxygen atoms in total. The first-order chi connectivity index (χ1) is 14.0. The van der Waals surface area contributed by atoms with Crippen LogP contribution in [0.5, 0.6) is 0 Å². The van der Waals surface area contributed by atoms with Gasteiger partial charge < -0.3 is 9.13 Å². The Hall–Kier alpha value is -2.78. The van der Waals surface area contributed by atoms with Crippen LogP contribution in [0.3, 0.4) is 0 Å². The van der Waals surface area contributed by atoms with E-state index in [0.29, 0.717) is 0 Å². The van der Waals surface area contributed by atoms with Crippen LogP contribution in [0.4, 0.5) is 0 Å². The van der Waals surface area contributed by atoms with Crippen LogP contribution < -0.4 is 0 Å². The standard InChI is InChI=1S/C26H23BrN2/c1-16-18(3)28(22-12-7-5-10-20(16)22)24-14-9-15-25(26(24)27)29-19(4)17(2)21-11-6-8-13-23(21)29/h5-15H,1-4H3. The molecule has 3 aromatic carbocycles. The minimum atomic E-state index is 1.10. The summed E-state index contributed by atoms with van der Waals surface area (Å²) in [6.45, 7) is 8.82. The van der Waals surface area contributed by atoms with Gasteiger partial charge in [-0.25, -0.2) is 0 Å². The Morgan fingerprint density at radius 3 is 1.41 bits per heavy atom. The average molecular weight is 443 g/mol. The number of fused-ring (bicyclic) bond motifs is 2. The van der Waals surface area contributed by atoms with Crippen LogP contribution in [-0.2, 0) is 0 Å². The molecule has 0 N–H and O–H groups in total. The molecule has 0 unspecified atom stereocenters. The number of nitrogens with zero attached hydrogens (tertiary/aromatic N) is 2. The summed E-state index contributed by atoms with van der Waals surface area (Å²) < 4.78 is 5.84. The lowest BCUT2D eigenvalue weighted by atomic mass is 10.2. The molecule has 0 bridgehead atoms. The van der Waals surface area contributed by atoms with Crippen molar-refractivity contribution in [3.8, 4) is 11.4 Å². The van der Waals surface area contributed by atoms with Crippen molar-refractivity contribution >= 4 is 37.7 Å². The van der Waals surface area contributed by atoms with Gasteiger partial charge in [0.2, 0.25) is 0 Å². The van der Waals surface area contributed by atoms with E-state index in [2.05, 4.69) is 119 Å². The number of aryl methyl sites for hydroxylation is 2. The Morgan fingerprint density at radius 1 is 0.552 bits per heavy atom. The van der Waals surface area contributed by atoms with E-state index in [0.717, 1.165) is 4.47 Å². The lowest BCUT2D eigenvalue weighted by Crippen LogP contribution is -2.03. The highest BCUT2D eigenvalue weighted by Gasteiger charge is 2.19. The summed E-state index contributed by atoms with van der Waals surface area (Å²) >= 11 is 3.97. The Balaban J connectivity index is 1.84. The van der Waals surface area contributed by atoms with Crippen molar-refractivity contribution in [1.82, 2.24) is 9.13 Å². The van der Waals surface area contributed by atoms with E-state index in [1.807, 2.05) is 0 Å². The molecule has 0 atom stereocenters. The van der Waals surface area contributed by atoms with Gasteiger partial charge >= 0.3 is 0 Å². The second-order valence-electron chi connectivity index (χ2n) is 7.74. The molecule has 0 spiro atoms. The lowest BCUT2D eigenvalue weighted by Gasteiger charge is -2.17. The summed E-state index contributed by atoms with van der Waals surface area (Å²) in [5.74, 6) is 0. The molecule has 144 valence electrons. The fourth-order valence-electron chi connectivity index (χ4n) is 4.53. The molecule has 5 aromatic rings. The molecule has 0 aliphatic heterocycles. The fourth-order valence-corrected chi connectivity index (χ4v) is 5.15. The molecule has 3 heteroatoms. The van der Waals surface area contributed by atoms with E-state index < -0.39 is 0 Å². The highest BCUT2D eigenvalue weighted by atomic mass is 79.9. The number of hydrogen-bond donors (Lipinski definition) is 0. The van der Waals surface area contributed by atoms with Gasteiger partial charge in [0.05, 0.1) is 26.9 Å². The first-order valence-corrected chi connectivity index (χ1v) is 10.7. The monoisotopic (exact) mass is 442 g/mol. The smallest absolute Gasteiger partial charge is 0.0656 e. The maximum absolute atomic E-state index is 3.97. The molecular formula is C26H23BrN2. The second-order valence-corrected chi connectivity index (χ2v) is 8.53. The predicted octanol–water partition coefficient (Wildman–Crippen LogP) is 7.57. The highest BCUT2D eigenvalue weighted by Crippen LogP contribution is 2.37. The van der Waals surface area contributed by atoms with Gasteiger partial charge in [-0.3, -0.25) is 0 Å². The zero-order valence-corrected chi connectivity index (χ0v) is 18.7. The largest absolute Gasteiger partial charge is 0.312 e. The number of rotatable bonds is 2. The van der Waals surface area contributed by atoms with E-state index in [1.54, 1.807) is 0 Å². The van der Waals surface area contributed by atoms with Gasteiger partial charge in [-0.1, -0.05) is 42.5 Å². The summed E-state index contributed by atoms with van der Waals surface area (Å²) in [5.41, 5.74) is 10.0. The fraction of sp³-hybridized carbons (Fsp3) is 0.154. The normalized spacial score (nSPS) is 11.6. The number of aromatic nitrogens is 2. The van der Waals surface area contributed by atoms with E-state index >= 15 is 0 Å². The van der Waals surface area contributed by atoms with Gasteiger partial charge in [0.25, 0.3) is 0 Å². The van der Waals surface area contributed by atoms with Crippen molar-refractivity contribution in [1.29, 1.82) is 0 Å². The maximum atomic E-state index is 3.97. The van der Waals surface area contributed by atoms with Gasteiger partial charge in [0.15, 0.2) is 0 Å². The zero-order valence-electron chi connectivity index (χ0n) is 17.1. The third-order valence-electron chi connectivity index (χ3n) is 6.29. The van der Waals surface area contributed by atoms with Crippen LogP contribution in [-0.4, -0.2) is 9.13 Å². The number of benzene rings is 3. The van der Waals surface area contributed by atoms with Crippen LogP contribution in [0.15, 0.2) is 71.2 Å². The molecule has 0 amide bonds. The SMILES string of the molecule is Cc1c(C)n(-c2cccc(-n3c(C)c(C)c4ccccc43)c2Br)c2ccccc12. The summed E-state index contributed by atoms with van der Waals surface area (Å²) in [5, 5.41) is 2.61. The lowest BCUT2D eigenvalue weighted by molar-refractivity contribution is 0.998. The van der Waals surface area contributed by atoms with Crippen molar-refractivity contribution in [3.05, 3.63) is 93.7 Å². The predicted molar refractivity (Wildman–Crippen MR) is 127 cm³/mol. The van der Waals surface area contributed by atoms with Gasteiger partial charge in [-0.15, -0.1) is 0 Å². The topological polar surface area (TPSA) is 9.86 Å². The average Bonchev–Trinajstić information content (AvgIpc) is 3.14. The molecule has 0 fully saturated rings. The number of halogens is 1. The van der Waals surface area contributed by atoms with Crippen molar-refractivity contribution in [3.63, 3.8) is 0 Å². The zero-order chi connectivity index (χ0) is 20.3. The van der Waals surface area contributed by atoms with E-state index in [9.17, 15) is 0 Å². The molecule has 0 saturated heterocycles. The van der Waals surface area contributed by atoms with Crippen LogP contribution in [0.2, 0.25) is 0 Å². The van der Waals surface area contributed by atoms with Crippen molar-refractivity contribution in [2.75, 3.05) is 0 Å². The first kappa shape index (κ1) is 18.3. The molecule has 2 aromatic heterocycles. The van der Waals surface area contributed by atoms with Crippen LogP contribution >= 0.6 is 15.9 Å². The maximum Gasteiger partial charge on any atom is 0.0656 e. The van der Waals surface area contributed by atoms with Crippen LogP contribution in [0.25, 0.3) is 33.2 Å². The summed E-state index contributed by atoms with van der Waals surface area (Å²) in [7, 11) is 0. The van der Waals surface area contributed by atoms with Crippen molar-refractivity contribution in [2.45, 2.75) is 27.7 Å². The van der Waals surface area contributed by atoms with Gasteiger partial charge in [0.1, 0.15) is 0 Å². The highest BCUT2D eigenvalue weighted by molar-refractivity contribution is 9.10. The van der Waals surface area contributed by atoms with Gasteiger partial charge in [-0.2, -0.15) is 0 Å². The molecule has 0 aliphatic carbocycles. The second kappa shape index (κ2) is 6.64. The van der Waals surface area contributed by atoms with Gasteiger partial charge in [-0.05, 0) is 79.0 Å². The van der Waals surface area contributed by atoms with Gasteiger partial charge in [0, 0.05) is 22.2 Å². The number of hydrogen-bond acceptors (Lipinski definition) is 0. The quantitative estimate of drug-likeness (QED) is 0.266. The Labute approximate surface area is 179 Å². The Bertz CT molecular complexity index is 1300. The molecule has 29 heavy (non-hydrogen) atoms. The molecular weight excluding hydrogens is 420 g/mol. The minimum Gasteiger partial charge on any atom is -0.312 e. The van der Waals surface area contributed by atoms with Crippen LogP contribution in [0.1, 0.15) is 22.5 Å². The van der Waals surface area contributed by atoms with E-state index in [4.69, 9.17) is 0 Å². The molecule has 0 saturated carbocycles. The summed E-state index contributed by atoms with van der Waals surface area (Å²) in [4.78, 5) is 0. The van der Waals surface area contributed by atoms with E-state index in [1.165, 1.54) is 55.7 Å². The molecule has 2 heterocycles. The number of para-hydroxylation sites is 2. The van der Waals surface area contributed by atoms with E-state index in [-0.39, 0.29) is 0 Å². The van der Waals surface area contributed by atoms with Crippen molar-refractivity contribution < 1.29 is 0 Å². The summed E-state index contributed by atoms with van der Waals surface area (Å²) in [6, 6.07) is 23.8. The Kier molecular flexibility index (Phi) is 4.18. The molecule has 5 rings (SSSR count). The van der Waals surface area contributed by atoms with Crippen molar-refractivity contribution in [2.24, 2.45) is 0 Å². The third-order valence-corrected chi connectivity index (χ3v) is 7.11. The first-order valence-electron chi connectivity index (χ1n) is 9.93. The third kappa shape index (κ3) is 2.54. The summed E-state index contributed by atoms with van der Waals surface area (Å²) in [6.07, 6.45) is 0. The Morgan fingerprint density at radius 2 is 0.966 bits per heavy atom. The molecule has 0 aliphatic rings. The molecule has 0 radical (unpaired) electrons. The van der Waals surface area contributed by atoms with Crippen LogP contribution in [0, 0.1) is 27.7 Å². The minimum absolute atomic E-state index is 1.10.